The Morgan fingerprint density at radius 2 is 2.47 bits per heavy atom. The van der Waals surface area contributed by atoms with Crippen molar-refractivity contribution in [3.8, 4) is 0 Å². The van der Waals surface area contributed by atoms with Crippen LogP contribution in [0.4, 0.5) is 5.13 Å². The molecular weight excluding hydrogens is 228 g/mol. The van der Waals surface area contributed by atoms with Gasteiger partial charge in [0.15, 0.2) is 5.13 Å². The number of alkyl halides is 1. The van der Waals surface area contributed by atoms with E-state index in [-0.39, 0.29) is 0 Å². The van der Waals surface area contributed by atoms with Gasteiger partial charge in [0.2, 0.25) is 0 Å². The van der Waals surface area contributed by atoms with Crippen LogP contribution in [0.2, 0.25) is 0 Å². The van der Waals surface area contributed by atoms with Crippen LogP contribution in [0, 0.1) is 11.8 Å². The molecule has 2 nitrogen and oxygen atoms in total. The Morgan fingerprint density at radius 3 is 3.27 bits per heavy atom. The molecule has 1 aromatic heterocycles. The smallest absolute Gasteiger partial charge is 0.185 e. The van der Waals surface area contributed by atoms with E-state index in [1.165, 1.54) is 31.1 Å². The first kappa shape index (κ1) is 9.91. The molecule has 1 aliphatic heterocycles. The number of fused-ring (bicyclic) bond motifs is 1. The van der Waals surface area contributed by atoms with Crippen molar-refractivity contribution in [3.05, 3.63) is 11.1 Å². The van der Waals surface area contributed by atoms with Gasteiger partial charge in [-0.1, -0.05) is 0 Å². The molecule has 3 rings (SSSR count). The third-order valence-corrected chi connectivity index (χ3v) is 4.59. The van der Waals surface area contributed by atoms with Gasteiger partial charge in [-0.2, -0.15) is 0 Å². The minimum absolute atomic E-state index is 0.674. The number of thiazole rings is 1. The van der Waals surface area contributed by atoms with Crippen molar-refractivity contribution in [1.82, 2.24) is 4.98 Å². The lowest BCUT2D eigenvalue weighted by molar-refractivity contribution is 0.550. The molecule has 0 amide bonds. The third-order valence-electron chi connectivity index (χ3n) is 3.45. The third kappa shape index (κ3) is 2.00. The molecule has 2 unspecified atom stereocenters. The molecule has 2 fully saturated rings. The van der Waals surface area contributed by atoms with Gasteiger partial charge >= 0.3 is 0 Å². The molecule has 2 heterocycles. The molecule has 1 aromatic rings. The Balaban J connectivity index is 1.68. The molecule has 0 bridgehead atoms. The van der Waals surface area contributed by atoms with Crippen LogP contribution in [0.1, 0.15) is 18.5 Å². The number of rotatable bonds is 3. The molecule has 1 saturated carbocycles. The summed E-state index contributed by atoms with van der Waals surface area (Å²) < 4.78 is 0. The number of aromatic nitrogens is 1. The maximum atomic E-state index is 5.71. The molecule has 1 saturated heterocycles. The number of nitrogens with zero attached hydrogens (tertiary/aromatic N) is 2. The number of aryl methyl sites for hydroxylation is 1. The van der Waals surface area contributed by atoms with Crippen molar-refractivity contribution in [2.24, 2.45) is 11.8 Å². The molecular formula is C11H15ClN2S. The van der Waals surface area contributed by atoms with Crippen LogP contribution in [0.3, 0.4) is 0 Å². The van der Waals surface area contributed by atoms with Crippen LogP contribution in [-0.2, 0) is 6.42 Å². The van der Waals surface area contributed by atoms with E-state index in [0.717, 1.165) is 24.0 Å². The van der Waals surface area contributed by atoms with Crippen LogP contribution in [0.15, 0.2) is 5.38 Å². The standard InChI is InChI=1S/C11H15ClN2S/c12-3-1-10-7-15-11(13-10)14-4-2-8-5-9(8)6-14/h7-9H,1-6H2. The van der Waals surface area contributed by atoms with Crippen LogP contribution in [0.25, 0.3) is 0 Å². The van der Waals surface area contributed by atoms with E-state index in [1.807, 2.05) is 0 Å². The first-order valence-electron chi connectivity index (χ1n) is 5.62. The highest BCUT2D eigenvalue weighted by Gasteiger charge is 2.41. The van der Waals surface area contributed by atoms with E-state index in [9.17, 15) is 0 Å². The van der Waals surface area contributed by atoms with Crippen LogP contribution >= 0.6 is 22.9 Å². The van der Waals surface area contributed by atoms with E-state index in [0.29, 0.717) is 5.88 Å². The number of hydrogen-bond donors (Lipinski definition) is 0. The lowest BCUT2D eigenvalue weighted by Crippen LogP contribution is -2.31. The van der Waals surface area contributed by atoms with Crippen molar-refractivity contribution >= 4 is 28.1 Å². The Labute approximate surface area is 99.3 Å². The minimum atomic E-state index is 0.674. The summed E-state index contributed by atoms with van der Waals surface area (Å²) in [5.41, 5.74) is 1.16. The fraction of sp³-hybridized carbons (Fsp3) is 0.727. The average molecular weight is 243 g/mol. The van der Waals surface area contributed by atoms with Gasteiger partial charge in [0.05, 0.1) is 5.69 Å². The summed E-state index contributed by atoms with van der Waals surface area (Å²) in [6, 6.07) is 0. The van der Waals surface area contributed by atoms with Crippen molar-refractivity contribution in [2.45, 2.75) is 19.3 Å². The normalized spacial score (nSPS) is 29.0. The summed E-state index contributed by atoms with van der Waals surface area (Å²) in [5.74, 6) is 2.69. The van der Waals surface area contributed by atoms with Gasteiger partial charge in [0, 0.05) is 30.8 Å². The minimum Gasteiger partial charge on any atom is -0.348 e. The quantitative estimate of drug-likeness (QED) is 0.758. The summed E-state index contributed by atoms with van der Waals surface area (Å²) in [6.07, 6.45) is 3.73. The lowest BCUT2D eigenvalue weighted by Gasteiger charge is -2.25. The summed E-state index contributed by atoms with van der Waals surface area (Å²) in [7, 11) is 0. The monoisotopic (exact) mass is 242 g/mol. The second-order valence-corrected chi connectivity index (χ2v) is 5.77. The van der Waals surface area contributed by atoms with Crippen LogP contribution in [0.5, 0.6) is 0 Å². The fourth-order valence-electron chi connectivity index (χ4n) is 2.41. The molecule has 0 radical (unpaired) electrons. The number of hydrogen-bond acceptors (Lipinski definition) is 3. The number of piperidine rings is 1. The largest absolute Gasteiger partial charge is 0.348 e. The summed E-state index contributed by atoms with van der Waals surface area (Å²) in [6.45, 7) is 2.44. The van der Waals surface area contributed by atoms with Gasteiger partial charge in [-0.25, -0.2) is 4.98 Å². The van der Waals surface area contributed by atoms with Crippen LogP contribution < -0.4 is 4.90 Å². The predicted octanol–water partition coefficient (Wildman–Crippen LogP) is 2.77. The first-order valence-corrected chi connectivity index (χ1v) is 7.03. The summed E-state index contributed by atoms with van der Waals surface area (Å²) in [4.78, 5) is 7.09. The number of halogens is 1. The molecule has 4 heteroatoms. The zero-order valence-electron chi connectivity index (χ0n) is 8.66. The number of anilines is 1. The second-order valence-electron chi connectivity index (χ2n) is 4.55. The molecule has 0 spiro atoms. The van der Waals surface area contributed by atoms with E-state index >= 15 is 0 Å². The van der Waals surface area contributed by atoms with E-state index in [2.05, 4.69) is 15.3 Å². The molecule has 2 aliphatic rings. The second kappa shape index (κ2) is 3.95. The Hall–Kier alpha value is -0.280. The molecule has 15 heavy (non-hydrogen) atoms. The zero-order chi connectivity index (χ0) is 10.3. The maximum Gasteiger partial charge on any atom is 0.185 e. The molecule has 82 valence electrons. The topological polar surface area (TPSA) is 16.1 Å². The lowest BCUT2D eigenvalue weighted by atomic mass is 10.1. The maximum absolute atomic E-state index is 5.71. The highest BCUT2D eigenvalue weighted by molar-refractivity contribution is 7.13. The molecule has 1 aliphatic carbocycles. The van der Waals surface area contributed by atoms with E-state index < -0.39 is 0 Å². The highest BCUT2D eigenvalue weighted by Crippen LogP contribution is 2.46. The molecule has 0 aromatic carbocycles. The van der Waals surface area contributed by atoms with Gasteiger partial charge in [-0.3, -0.25) is 0 Å². The van der Waals surface area contributed by atoms with Crippen molar-refractivity contribution in [2.75, 3.05) is 23.9 Å². The summed E-state index contributed by atoms with van der Waals surface area (Å²) >= 11 is 7.48. The van der Waals surface area contributed by atoms with Crippen molar-refractivity contribution in [1.29, 1.82) is 0 Å². The van der Waals surface area contributed by atoms with Crippen molar-refractivity contribution < 1.29 is 0 Å². The van der Waals surface area contributed by atoms with Gasteiger partial charge < -0.3 is 4.90 Å². The fourth-order valence-corrected chi connectivity index (χ4v) is 3.50. The Morgan fingerprint density at radius 1 is 1.53 bits per heavy atom. The van der Waals surface area contributed by atoms with E-state index in [1.54, 1.807) is 11.3 Å². The van der Waals surface area contributed by atoms with E-state index in [4.69, 9.17) is 11.6 Å². The predicted molar refractivity (Wildman–Crippen MR) is 65.0 cm³/mol. The zero-order valence-corrected chi connectivity index (χ0v) is 10.2. The highest BCUT2D eigenvalue weighted by atomic mass is 35.5. The molecule has 2 atom stereocenters. The van der Waals surface area contributed by atoms with Gasteiger partial charge in [0.1, 0.15) is 0 Å². The molecule has 0 N–H and O–H groups in total. The Bertz CT molecular complexity index is 352. The Kier molecular flexibility index (Phi) is 2.61. The van der Waals surface area contributed by atoms with Crippen molar-refractivity contribution in [3.63, 3.8) is 0 Å². The van der Waals surface area contributed by atoms with Gasteiger partial charge in [0.25, 0.3) is 0 Å². The van der Waals surface area contributed by atoms with Gasteiger partial charge in [-0.15, -0.1) is 22.9 Å². The van der Waals surface area contributed by atoms with Gasteiger partial charge in [-0.05, 0) is 24.7 Å². The SMILES string of the molecule is ClCCc1csc(N2CCC3CC3C2)n1. The average Bonchev–Trinajstić information content (AvgIpc) is 2.88. The first-order chi connectivity index (χ1) is 7.36. The summed E-state index contributed by atoms with van der Waals surface area (Å²) in [5, 5.41) is 3.36. The van der Waals surface area contributed by atoms with Crippen LogP contribution in [-0.4, -0.2) is 24.0 Å².